The normalized spacial score (nSPS) is 36.8. The third-order valence-corrected chi connectivity index (χ3v) is 3.48. The Morgan fingerprint density at radius 1 is 0.750 bits per heavy atom. The maximum atomic E-state index is 6.29. The molecule has 0 N–H and O–H groups in total. The van der Waals surface area contributed by atoms with Crippen molar-refractivity contribution < 1.29 is 0 Å². The standard InChI is InChI=1S/C11H21Cl/c1-10(2,3)7-8(9(7)12)11(4,5)6/h7-9H,1-6H3. The first-order valence-corrected chi connectivity index (χ1v) is 5.23. The lowest BCUT2D eigenvalue weighted by Crippen LogP contribution is -2.16. The van der Waals surface area contributed by atoms with E-state index in [2.05, 4.69) is 41.5 Å². The highest BCUT2D eigenvalue weighted by Gasteiger charge is 2.59. The molecular weight excluding hydrogens is 168 g/mol. The largest absolute Gasteiger partial charge is 0.122 e. The Bertz CT molecular complexity index is 150. The van der Waals surface area contributed by atoms with E-state index in [1.54, 1.807) is 0 Å². The lowest BCUT2D eigenvalue weighted by molar-refractivity contribution is 0.254. The molecular formula is C11H21Cl. The zero-order chi connectivity index (χ0) is 9.73. The number of halogens is 1. The average Bonchev–Trinajstić information content (AvgIpc) is 2.35. The molecule has 12 heavy (non-hydrogen) atoms. The first-order valence-electron chi connectivity index (χ1n) is 4.80. The van der Waals surface area contributed by atoms with Gasteiger partial charge in [-0.3, -0.25) is 0 Å². The van der Waals surface area contributed by atoms with Crippen molar-refractivity contribution in [2.45, 2.75) is 46.9 Å². The van der Waals surface area contributed by atoms with Gasteiger partial charge in [0.25, 0.3) is 0 Å². The zero-order valence-electron chi connectivity index (χ0n) is 9.11. The molecule has 0 radical (unpaired) electrons. The van der Waals surface area contributed by atoms with Crippen LogP contribution in [0.25, 0.3) is 0 Å². The molecule has 1 saturated carbocycles. The minimum Gasteiger partial charge on any atom is -0.122 e. The second-order valence-corrected chi connectivity index (χ2v) is 6.73. The number of rotatable bonds is 0. The summed E-state index contributed by atoms with van der Waals surface area (Å²) in [6.45, 7) is 13.7. The van der Waals surface area contributed by atoms with E-state index in [9.17, 15) is 0 Å². The van der Waals surface area contributed by atoms with Crippen LogP contribution in [0, 0.1) is 22.7 Å². The summed E-state index contributed by atoms with van der Waals surface area (Å²) in [5, 5.41) is 0.407. The number of hydrogen-bond acceptors (Lipinski definition) is 0. The van der Waals surface area contributed by atoms with Gasteiger partial charge in [0.05, 0.1) is 0 Å². The molecule has 1 aliphatic rings. The Morgan fingerprint density at radius 3 is 1.08 bits per heavy atom. The van der Waals surface area contributed by atoms with Crippen molar-refractivity contribution >= 4 is 11.6 Å². The molecule has 1 fully saturated rings. The first kappa shape index (κ1) is 10.4. The van der Waals surface area contributed by atoms with Crippen molar-refractivity contribution in [2.75, 3.05) is 0 Å². The SMILES string of the molecule is CC(C)(C)C1C(Cl)C1C(C)(C)C. The molecule has 1 aliphatic carbocycles. The van der Waals surface area contributed by atoms with Crippen LogP contribution in [0.5, 0.6) is 0 Å². The highest BCUT2D eigenvalue weighted by molar-refractivity contribution is 6.23. The summed E-state index contributed by atoms with van der Waals surface area (Å²) in [5.74, 6) is 1.42. The first-order chi connectivity index (χ1) is 5.15. The monoisotopic (exact) mass is 188 g/mol. The van der Waals surface area contributed by atoms with Gasteiger partial charge in [0.1, 0.15) is 0 Å². The summed E-state index contributed by atoms with van der Waals surface area (Å²) in [6, 6.07) is 0. The van der Waals surface area contributed by atoms with Gasteiger partial charge in [-0.25, -0.2) is 0 Å². The summed E-state index contributed by atoms with van der Waals surface area (Å²) < 4.78 is 0. The van der Waals surface area contributed by atoms with Crippen LogP contribution in [0.15, 0.2) is 0 Å². The van der Waals surface area contributed by atoms with Crippen LogP contribution in [-0.2, 0) is 0 Å². The summed E-state index contributed by atoms with van der Waals surface area (Å²) in [7, 11) is 0. The molecule has 0 aromatic rings. The van der Waals surface area contributed by atoms with Gasteiger partial charge in [0.2, 0.25) is 0 Å². The highest BCUT2D eigenvalue weighted by atomic mass is 35.5. The molecule has 0 spiro atoms. The van der Waals surface area contributed by atoms with Crippen molar-refractivity contribution in [3.63, 3.8) is 0 Å². The molecule has 0 heterocycles. The molecule has 1 rings (SSSR count). The molecule has 0 bridgehead atoms. The van der Waals surface area contributed by atoms with Crippen molar-refractivity contribution in [1.29, 1.82) is 0 Å². The van der Waals surface area contributed by atoms with E-state index in [0.717, 1.165) is 0 Å². The van der Waals surface area contributed by atoms with E-state index in [0.29, 0.717) is 28.0 Å². The van der Waals surface area contributed by atoms with Crippen LogP contribution in [0.3, 0.4) is 0 Å². The van der Waals surface area contributed by atoms with Gasteiger partial charge >= 0.3 is 0 Å². The highest BCUT2D eigenvalue weighted by Crippen LogP contribution is 2.61. The summed E-state index contributed by atoms with van der Waals surface area (Å²) in [6.07, 6.45) is 0. The molecule has 0 aromatic heterocycles. The lowest BCUT2D eigenvalue weighted by Gasteiger charge is -2.23. The maximum Gasteiger partial charge on any atom is 0.0409 e. The van der Waals surface area contributed by atoms with Crippen molar-refractivity contribution in [1.82, 2.24) is 0 Å². The van der Waals surface area contributed by atoms with Gasteiger partial charge in [-0.15, -0.1) is 11.6 Å². The van der Waals surface area contributed by atoms with Gasteiger partial charge < -0.3 is 0 Å². The molecule has 1 heteroatoms. The topological polar surface area (TPSA) is 0 Å². The van der Waals surface area contributed by atoms with Crippen molar-refractivity contribution in [3.8, 4) is 0 Å². The van der Waals surface area contributed by atoms with Crippen molar-refractivity contribution in [3.05, 3.63) is 0 Å². The molecule has 72 valence electrons. The van der Waals surface area contributed by atoms with Gasteiger partial charge in [0.15, 0.2) is 0 Å². The van der Waals surface area contributed by atoms with E-state index in [-0.39, 0.29) is 0 Å². The van der Waals surface area contributed by atoms with Gasteiger partial charge in [0, 0.05) is 5.38 Å². The summed E-state index contributed by atoms with van der Waals surface area (Å²) in [4.78, 5) is 0. The Kier molecular flexibility index (Phi) is 2.28. The van der Waals surface area contributed by atoms with Crippen LogP contribution in [0.1, 0.15) is 41.5 Å². The van der Waals surface area contributed by atoms with Crippen LogP contribution in [0.4, 0.5) is 0 Å². The quantitative estimate of drug-likeness (QED) is 0.506. The minimum atomic E-state index is 0.379. The molecule has 0 nitrogen and oxygen atoms in total. The zero-order valence-corrected chi connectivity index (χ0v) is 9.87. The fourth-order valence-corrected chi connectivity index (χ4v) is 3.29. The van der Waals surface area contributed by atoms with E-state index >= 15 is 0 Å². The molecule has 0 saturated heterocycles. The molecule has 0 aromatic carbocycles. The van der Waals surface area contributed by atoms with Gasteiger partial charge in [-0.05, 0) is 22.7 Å². The van der Waals surface area contributed by atoms with E-state index < -0.39 is 0 Å². The minimum absolute atomic E-state index is 0.379. The van der Waals surface area contributed by atoms with Gasteiger partial charge in [-0.1, -0.05) is 41.5 Å². The fraction of sp³-hybridized carbons (Fsp3) is 1.00. The average molecular weight is 189 g/mol. The molecule has 2 atom stereocenters. The third-order valence-electron chi connectivity index (χ3n) is 2.93. The Labute approximate surface area is 81.7 Å². The Hall–Kier alpha value is 0.290. The predicted octanol–water partition coefficient (Wildman–Crippen LogP) is 3.93. The molecule has 0 aliphatic heterocycles. The van der Waals surface area contributed by atoms with Crippen LogP contribution < -0.4 is 0 Å². The Balaban J connectivity index is 2.67. The van der Waals surface area contributed by atoms with E-state index in [1.807, 2.05) is 0 Å². The predicted molar refractivity (Wildman–Crippen MR) is 55.5 cm³/mol. The fourth-order valence-electron chi connectivity index (χ4n) is 2.31. The second-order valence-electron chi connectivity index (χ2n) is 6.23. The lowest BCUT2D eigenvalue weighted by atomic mass is 9.81. The third kappa shape index (κ3) is 1.79. The smallest absolute Gasteiger partial charge is 0.0409 e. The van der Waals surface area contributed by atoms with Crippen LogP contribution in [-0.4, -0.2) is 5.38 Å². The Morgan fingerprint density at radius 2 is 1.00 bits per heavy atom. The van der Waals surface area contributed by atoms with Gasteiger partial charge in [-0.2, -0.15) is 0 Å². The molecule has 2 unspecified atom stereocenters. The number of hydrogen-bond donors (Lipinski definition) is 0. The van der Waals surface area contributed by atoms with Crippen LogP contribution in [0.2, 0.25) is 0 Å². The van der Waals surface area contributed by atoms with E-state index in [4.69, 9.17) is 11.6 Å². The molecule has 0 amide bonds. The summed E-state index contributed by atoms with van der Waals surface area (Å²) in [5.41, 5.74) is 0.759. The van der Waals surface area contributed by atoms with Crippen molar-refractivity contribution in [2.24, 2.45) is 22.7 Å². The summed E-state index contributed by atoms with van der Waals surface area (Å²) >= 11 is 6.29. The van der Waals surface area contributed by atoms with E-state index in [1.165, 1.54) is 0 Å². The maximum absolute atomic E-state index is 6.29. The second kappa shape index (κ2) is 2.64. The number of alkyl halides is 1. The van der Waals surface area contributed by atoms with Crippen LogP contribution >= 0.6 is 11.6 Å².